The molecule has 0 atom stereocenters. The average Bonchev–Trinajstić information content (AvgIpc) is 2.45. The number of amides is 2. The molecule has 0 aromatic heterocycles. The number of carbonyl (C=O) groups excluding carboxylic acids is 1. The van der Waals surface area contributed by atoms with E-state index in [0.29, 0.717) is 17.3 Å². The highest BCUT2D eigenvalue weighted by Gasteiger charge is 2.03. The summed E-state index contributed by atoms with van der Waals surface area (Å²) >= 11 is 6.02. The SMILES string of the molecule is Cc1ccc(CCNC(=O)Nc2ccc(C)c(Cl)c2)cc1. The first-order valence-electron chi connectivity index (χ1n) is 6.91. The van der Waals surface area contributed by atoms with Gasteiger partial charge in [-0.2, -0.15) is 0 Å². The molecule has 2 aromatic carbocycles. The van der Waals surface area contributed by atoms with Gasteiger partial charge in [-0.25, -0.2) is 4.79 Å². The molecule has 0 heterocycles. The molecular weight excluding hydrogens is 284 g/mol. The third-order valence-electron chi connectivity index (χ3n) is 3.25. The summed E-state index contributed by atoms with van der Waals surface area (Å²) < 4.78 is 0. The number of carbonyl (C=O) groups is 1. The van der Waals surface area contributed by atoms with Gasteiger partial charge in [0.1, 0.15) is 0 Å². The molecule has 0 aliphatic heterocycles. The Bertz CT molecular complexity index is 623. The fraction of sp³-hybridized carbons (Fsp3) is 0.235. The monoisotopic (exact) mass is 302 g/mol. The predicted octanol–water partition coefficient (Wildman–Crippen LogP) is 4.32. The summed E-state index contributed by atoms with van der Waals surface area (Å²) in [7, 11) is 0. The molecule has 0 aliphatic carbocycles. The van der Waals surface area contributed by atoms with E-state index in [0.717, 1.165) is 12.0 Å². The maximum Gasteiger partial charge on any atom is 0.319 e. The normalized spacial score (nSPS) is 10.2. The Morgan fingerprint density at radius 3 is 2.48 bits per heavy atom. The minimum Gasteiger partial charge on any atom is -0.338 e. The molecule has 2 N–H and O–H groups in total. The van der Waals surface area contributed by atoms with E-state index in [1.807, 2.05) is 19.1 Å². The van der Waals surface area contributed by atoms with Gasteiger partial charge in [-0.1, -0.05) is 47.5 Å². The Kier molecular flexibility index (Phi) is 5.23. The summed E-state index contributed by atoms with van der Waals surface area (Å²) in [6.45, 7) is 4.57. The topological polar surface area (TPSA) is 41.1 Å². The van der Waals surface area contributed by atoms with Gasteiger partial charge in [-0.3, -0.25) is 0 Å². The molecule has 0 radical (unpaired) electrons. The minimum absolute atomic E-state index is 0.220. The third kappa shape index (κ3) is 4.80. The zero-order valence-electron chi connectivity index (χ0n) is 12.2. The van der Waals surface area contributed by atoms with Crippen LogP contribution in [0.3, 0.4) is 0 Å². The van der Waals surface area contributed by atoms with Crippen LogP contribution in [0.25, 0.3) is 0 Å². The molecule has 0 fully saturated rings. The van der Waals surface area contributed by atoms with Crippen LogP contribution >= 0.6 is 11.6 Å². The number of hydrogen-bond donors (Lipinski definition) is 2. The molecule has 0 spiro atoms. The van der Waals surface area contributed by atoms with Crippen molar-refractivity contribution in [3.63, 3.8) is 0 Å². The van der Waals surface area contributed by atoms with Gasteiger partial charge in [0, 0.05) is 17.3 Å². The van der Waals surface area contributed by atoms with Gasteiger partial charge in [0.05, 0.1) is 0 Å². The average molecular weight is 303 g/mol. The van der Waals surface area contributed by atoms with Gasteiger partial charge < -0.3 is 10.6 Å². The highest BCUT2D eigenvalue weighted by molar-refractivity contribution is 6.31. The summed E-state index contributed by atoms with van der Waals surface area (Å²) in [5, 5.41) is 6.25. The predicted molar refractivity (Wildman–Crippen MR) is 88.1 cm³/mol. The van der Waals surface area contributed by atoms with Crippen LogP contribution < -0.4 is 10.6 Å². The van der Waals surface area contributed by atoms with Gasteiger partial charge >= 0.3 is 6.03 Å². The van der Waals surface area contributed by atoms with Crippen LogP contribution in [0.2, 0.25) is 5.02 Å². The molecule has 0 bridgehead atoms. The fourth-order valence-electron chi connectivity index (χ4n) is 1.92. The maximum atomic E-state index is 11.8. The van der Waals surface area contributed by atoms with Crippen molar-refractivity contribution in [2.24, 2.45) is 0 Å². The summed E-state index contributed by atoms with van der Waals surface area (Å²) in [6.07, 6.45) is 0.808. The van der Waals surface area contributed by atoms with Crippen LogP contribution in [0, 0.1) is 13.8 Å². The van der Waals surface area contributed by atoms with E-state index in [4.69, 9.17) is 11.6 Å². The van der Waals surface area contributed by atoms with Crippen molar-refractivity contribution in [1.29, 1.82) is 0 Å². The van der Waals surface area contributed by atoms with Crippen molar-refractivity contribution in [3.05, 3.63) is 64.2 Å². The van der Waals surface area contributed by atoms with E-state index >= 15 is 0 Å². The van der Waals surface area contributed by atoms with E-state index < -0.39 is 0 Å². The lowest BCUT2D eigenvalue weighted by molar-refractivity contribution is 0.252. The molecule has 3 nitrogen and oxygen atoms in total. The number of benzene rings is 2. The van der Waals surface area contributed by atoms with Crippen LogP contribution in [-0.4, -0.2) is 12.6 Å². The Balaban J connectivity index is 1.79. The Hall–Kier alpha value is -2.00. The summed E-state index contributed by atoms with van der Waals surface area (Å²) in [5.41, 5.74) is 4.13. The number of urea groups is 1. The summed E-state index contributed by atoms with van der Waals surface area (Å²) in [5.74, 6) is 0. The van der Waals surface area contributed by atoms with Gasteiger partial charge in [-0.05, 0) is 43.5 Å². The molecule has 0 saturated heterocycles. The number of anilines is 1. The molecule has 0 saturated carbocycles. The van der Waals surface area contributed by atoms with Crippen molar-refractivity contribution >= 4 is 23.3 Å². The van der Waals surface area contributed by atoms with Crippen LogP contribution in [0.15, 0.2) is 42.5 Å². The minimum atomic E-state index is -0.220. The molecule has 2 rings (SSSR count). The highest BCUT2D eigenvalue weighted by Crippen LogP contribution is 2.19. The van der Waals surface area contributed by atoms with E-state index in [1.54, 1.807) is 6.07 Å². The quantitative estimate of drug-likeness (QED) is 0.867. The van der Waals surface area contributed by atoms with Crippen molar-refractivity contribution in [1.82, 2.24) is 5.32 Å². The molecule has 21 heavy (non-hydrogen) atoms. The lowest BCUT2D eigenvalue weighted by atomic mass is 10.1. The Labute approximate surface area is 130 Å². The zero-order valence-corrected chi connectivity index (χ0v) is 13.0. The first kappa shape index (κ1) is 15.4. The van der Waals surface area contributed by atoms with Crippen molar-refractivity contribution in [3.8, 4) is 0 Å². The fourth-order valence-corrected chi connectivity index (χ4v) is 2.10. The van der Waals surface area contributed by atoms with Crippen molar-refractivity contribution in [2.45, 2.75) is 20.3 Å². The van der Waals surface area contributed by atoms with Crippen molar-refractivity contribution < 1.29 is 4.79 Å². The van der Waals surface area contributed by atoms with E-state index in [1.165, 1.54) is 11.1 Å². The van der Waals surface area contributed by atoms with Gasteiger partial charge in [0.15, 0.2) is 0 Å². The van der Waals surface area contributed by atoms with E-state index in [-0.39, 0.29) is 6.03 Å². The maximum absolute atomic E-state index is 11.8. The van der Waals surface area contributed by atoms with E-state index in [9.17, 15) is 4.79 Å². The van der Waals surface area contributed by atoms with Crippen LogP contribution in [0.1, 0.15) is 16.7 Å². The number of halogens is 1. The molecule has 0 aliphatic rings. The number of rotatable bonds is 4. The van der Waals surface area contributed by atoms with Gasteiger partial charge in [0.2, 0.25) is 0 Å². The Morgan fingerprint density at radius 2 is 1.81 bits per heavy atom. The summed E-state index contributed by atoms with van der Waals surface area (Å²) in [6, 6.07) is 13.5. The molecule has 2 aromatic rings. The van der Waals surface area contributed by atoms with Crippen LogP contribution in [-0.2, 0) is 6.42 Å². The highest BCUT2D eigenvalue weighted by atomic mass is 35.5. The van der Waals surface area contributed by atoms with Gasteiger partial charge in [-0.15, -0.1) is 0 Å². The first-order chi connectivity index (χ1) is 10.0. The second kappa shape index (κ2) is 7.14. The van der Waals surface area contributed by atoms with Crippen LogP contribution in [0.5, 0.6) is 0 Å². The molecule has 110 valence electrons. The third-order valence-corrected chi connectivity index (χ3v) is 3.66. The molecule has 2 amide bonds. The van der Waals surface area contributed by atoms with E-state index in [2.05, 4.69) is 41.8 Å². The molecule has 0 unspecified atom stereocenters. The first-order valence-corrected chi connectivity index (χ1v) is 7.29. The second-order valence-corrected chi connectivity index (χ2v) is 5.49. The smallest absolute Gasteiger partial charge is 0.319 e. The number of aryl methyl sites for hydroxylation is 2. The van der Waals surface area contributed by atoms with Crippen molar-refractivity contribution in [2.75, 3.05) is 11.9 Å². The van der Waals surface area contributed by atoms with Gasteiger partial charge in [0.25, 0.3) is 0 Å². The zero-order chi connectivity index (χ0) is 15.2. The number of hydrogen-bond acceptors (Lipinski definition) is 1. The second-order valence-electron chi connectivity index (χ2n) is 5.08. The largest absolute Gasteiger partial charge is 0.338 e. The summed E-state index contributed by atoms with van der Waals surface area (Å²) in [4.78, 5) is 11.8. The standard InChI is InChI=1S/C17H19ClN2O/c1-12-3-6-14(7-4-12)9-10-19-17(21)20-15-8-5-13(2)16(18)11-15/h3-8,11H,9-10H2,1-2H3,(H2,19,20,21). The Morgan fingerprint density at radius 1 is 1.10 bits per heavy atom. The lowest BCUT2D eigenvalue weighted by Crippen LogP contribution is -2.30. The number of nitrogens with one attached hydrogen (secondary N) is 2. The lowest BCUT2D eigenvalue weighted by Gasteiger charge is -2.09. The van der Waals surface area contributed by atoms with Crippen LogP contribution in [0.4, 0.5) is 10.5 Å². The molecule has 4 heteroatoms. The molecular formula is C17H19ClN2O.